The first-order chi connectivity index (χ1) is 10.7. The Hall–Kier alpha value is -1.30. The summed E-state index contributed by atoms with van der Waals surface area (Å²) in [7, 11) is 1.79. The van der Waals surface area contributed by atoms with Gasteiger partial charge in [-0.1, -0.05) is 0 Å². The number of amides is 1. The van der Waals surface area contributed by atoms with Crippen molar-refractivity contribution in [3.8, 4) is 0 Å². The molecule has 23 heavy (non-hydrogen) atoms. The Bertz CT molecular complexity index is 438. The van der Waals surface area contributed by atoms with Gasteiger partial charge in [-0.05, 0) is 59.5 Å². The normalized spacial score (nSPS) is 26.9. The minimum absolute atomic E-state index is 0.0310. The maximum absolute atomic E-state index is 12.0. The second-order valence-electron chi connectivity index (χ2n) is 7.84. The lowest BCUT2D eigenvalue weighted by Gasteiger charge is -2.36. The van der Waals surface area contributed by atoms with E-state index in [0.29, 0.717) is 12.5 Å². The standard InChI is InChI=1S/C17H30N2O4/c1-12-10-14(15(20)22-12)19-8-6-13(7-9-19)11-18(5)16(21)23-17(2,3)4/h12-14H,6-11H2,1-5H3/t12-,14-/m1/s1. The Balaban J connectivity index is 1.76. The molecule has 0 aromatic rings. The molecule has 2 aliphatic heterocycles. The van der Waals surface area contributed by atoms with E-state index in [4.69, 9.17) is 9.47 Å². The molecule has 0 radical (unpaired) electrons. The number of rotatable bonds is 3. The largest absolute Gasteiger partial charge is 0.461 e. The molecule has 0 bridgehead atoms. The molecule has 2 heterocycles. The monoisotopic (exact) mass is 326 g/mol. The van der Waals surface area contributed by atoms with Gasteiger partial charge in [0.1, 0.15) is 17.7 Å². The highest BCUT2D eigenvalue weighted by Gasteiger charge is 2.38. The number of piperidine rings is 1. The van der Waals surface area contributed by atoms with Gasteiger partial charge >= 0.3 is 12.1 Å². The summed E-state index contributed by atoms with van der Waals surface area (Å²) >= 11 is 0. The molecule has 132 valence electrons. The first-order valence-electron chi connectivity index (χ1n) is 8.54. The minimum Gasteiger partial charge on any atom is -0.461 e. The van der Waals surface area contributed by atoms with Crippen molar-refractivity contribution >= 4 is 12.1 Å². The summed E-state index contributed by atoms with van der Waals surface area (Å²) in [6, 6.07) is -0.0745. The third-order valence-electron chi connectivity index (χ3n) is 4.47. The number of hydrogen-bond donors (Lipinski definition) is 0. The molecule has 2 fully saturated rings. The van der Waals surface area contributed by atoms with Crippen LogP contribution in [0.25, 0.3) is 0 Å². The molecule has 1 amide bonds. The molecule has 2 atom stereocenters. The van der Waals surface area contributed by atoms with Crippen LogP contribution < -0.4 is 0 Å². The number of carbonyl (C=O) groups is 2. The van der Waals surface area contributed by atoms with Gasteiger partial charge in [0.05, 0.1) is 0 Å². The first-order valence-corrected chi connectivity index (χ1v) is 8.54. The van der Waals surface area contributed by atoms with E-state index in [9.17, 15) is 9.59 Å². The average molecular weight is 326 g/mol. The van der Waals surface area contributed by atoms with Crippen LogP contribution in [-0.2, 0) is 14.3 Å². The second-order valence-corrected chi connectivity index (χ2v) is 7.84. The van der Waals surface area contributed by atoms with Crippen LogP contribution in [-0.4, -0.2) is 66.3 Å². The van der Waals surface area contributed by atoms with Crippen LogP contribution >= 0.6 is 0 Å². The predicted octanol–water partition coefficient (Wildman–Crippen LogP) is 2.27. The average Bonchev–Trinajstić information content (AvgIpc) is 2.76. The molecule has 0 aliphatic carbocycles. The van der Waals surface area contributed by atoms with E-state index in [1.54, 1.807) is 11.9 Å². The lowest BCUT2D eigenvalue weighted by atomic mass is 9.95. The highest BCUT2D eigenvalue weighted by Crippen LogP contribution is 2.26. The van der Waals surface area contributed by atoms with Crippen molar-refractivity contribution in [3.05, 3.63) is 0 Å². The Kier molecular flexibility index (Phi) is 5.55. The number of ether oxygens (including phenoxy) is 2. The quantitative estimate of drug-likeness (QED) is 0.745. The highest BCUT2D eigenvalue weighted by molar-refractivity contribution is 5.78. The van der Waals surface area contributed by atoms with Crippen LogP contribution in [0.15, 0.2) is 0 Å². The summed E-state index contributed by atoms with van der Waals surface area (Å²) < 4.78 is 10.6. The van der Waals surface area contributed by atoms with Crippen molar-refractivity contribution in [2.75, 3.05) is 26.7 Å². The molecule has 2 rings (SSSR count). The van der Waals surface area contributed by atoms with Crippen molar-refractivity contribution in [2.45, 2.75) is 64.7 Å². The van der Waals surface area contributed by atoms with Crippen LogP contribution in [0, 0.1) is 5.92 Å². The molecule has 2 saturated heterocycles. The predicted molar refractivity (Wildman–Crippen MR) is 87.1 cm³/mol. The second kappa shape index (κ2) is 7.07. The maximum atomic E-state index is 12.0. The van der Waals surface area contributed by atoms with E-state index in [0.717, 1.165) is 32.4 Å². The van der Waals surface area contributed by atoms with Crippen LogP contribution in [0.1, 0.15) is 47.0 Å². The van der Waals surface area contributed by atoms with Crippen molar-refractivity contribution in [1.29, 1.82) is 0 Å². The van der Waals surface area contributed by atoms with E-state index < -0.39 is 5.60 Å². The van der Waals surface area contributed by atoms with E-state index in [2.05, 4.69) is 4.90 Å². The fourth-order valence-corrected chi connectivity index (χ4v) is 3.28. The molecule has 0 spiro atoms. The molecule has 2 aliphatic rings. The van der Waals surface area contributed by atoms with Gasteiger partial charge in [-0.15, -0.1) is 0 Å². The molecular formula is C17H30N2O4. The smallest absolute Gasteiger partial charge is 0.410 e. The zero-order valence-electron chi connectivity index (χ0n) is 15.0. The fraction of sp³-hybridized carbons (Fsp3) is 0.882. The Morgan fingerprint density at radius 3 is 2.43 bits per heavy atom. The lowest BCUT2D eigenvalue weighted by molar-refractivity contribution is -0.145. The highest BCUT2D eigenvalue weighted by atomic mass is 16.6. The molecule has 0 saturated carbocycles. The van der Waals surface area contributed by atoms with Crippen molar-refractivity contribution < 1.29 is 19.1 Å². The Labute approximate surface area is 139 Å². The van der Waals surface area contributed by atoms with Gasteiger partial charge in [-0.25, -0.2) is 4.79 Å². The molecule has 6 heteroatoms. The number of cyclic esters (lactones) is 1. The summed E-state index contributed by atoms with van der Waals surface area (Å²) in [6.45, 7) is 10.0. The van der Waals surface area contributed by atoms with Crippen LogP contribution in [0.5, 0.6) is 0 Å². The molecule has 0 aromatic heterocycles. The number of hydrogen-bond acceptors (Lipinski definition) is 5. The van der Waals surface area contributed by atoms with E-state index in [-0.39, 0.29) is 24.2 Å². The summed E-state index contributed by atoms with van der Waals surface area (Å²) in [4.78, 5) is 27.7. The van der Waals surface area contributed by atoms with E-state index >= 15 is 0 Å². The van der Waals surface area contributed by atoms with Crippen LogP contribution in [0.4, 0.5) is 4.79 Å². The van der Waals surface area contributed by atoms with Crippen molar-refractivity contribution in [1.82, 2.24) is 9.80 Å². The van der Waals surface area contributed by atoms with Crippen LogP contribution in [0.2, 0.25) is 0 Å². The number of likely N-dealkylation sites (tertiary alicyclic amines) is 1. The van der Waals surface area contributed by atoms with Gasteiger partial charge in [0, 0.05) is 20.0 Å². The SMILES string of the molecule is C[C@@H]1C[C@@H](N2CCC(CN(C)C(=O)OC(C)(C)C)CC2)C(=O)O1. The topological polar surface area (TPSA) is 59.1 Å². The van der Waals surface area contributed by atoms with Gasteiger partial charge < -0.3 is 14.4 Å². The Morgan fingerprint density at radius 2 is 1.96 bits per heavy atom. The summed E-state index contributed by atoms with van der Waals surface area (Å²) in [5, 5.41) is 0. The van der Waals surface area contributed by atoms with E-state index in [1.165, 1.54) is 0 Å². The summed E-state index contributed by atoms with van der Waals surface area (Å²) in [5.41, 5.74) is -0.464. The summed E-state index contributed by atoms with van der Waals surface area (Å²) in [6.07, 6.45) is 2.54. The van der Waals surface area contributed by atoms with Gasteiger partial charge in [-0.2, -0.15) is 0 Å². The Morgan fingerprint density at radius 1 is 1.35 bits per heavy atom. The molecule has 0 N–H and O–H groups in total. The molecular weight excluding hydrogens is 296 g/mol. The third kappa shape index (κ3) is 5.09. The zero-order chi connectivity index (χ0) is 17.2. The van der Waals surface area contributed by atoms with Gasteiger partial charge in [-0.3, -0.25) is 9.69 Å². The molecule has 6 nitrogen and oxygen atoms in total. The van der Waals surface area contributed by atoms with Gasteiger partial charge in [0.15, 0.2) is 0 Å². The number of esters is 1. The number of carbonyl (C=O) groups excluding carboxylic acids is 2. The third-order valence-corrected chi connectivity index (χ3v) is 4.47. The zero-order valence-corrected chi connectivity index (χ0v) is 15.0. The lowest BCUT2D eigenvalue weighted by Crippen LogP contribution is -2.46. The van der Waals surface area contributed by atoms with Gasteiger partial charge in [0.2, 0.25) is 0 Å². The maximum Gasteiger partial charge on any atom is 0.410 e. The van der Waals surface area contributed by atoms with E-state index in [1.807, 2.05) is 27.7 Å². The van der Waals surface area contributed by atoms with Crippen molar-refractivity contribution in [3.63, 3.8) is 0 Å². The molecule has 0 aromatic carbocycles. The van der Waals surface area contributed by atoms with Crippen LogP contribution in [0.3, 0.4) is 0 Å². The van der Waals surface area contributed by atoms with Crippen molar-refractivity contribution in [2.24, 2.45) is 5.92 Å². The number of nitrogens with zero attached hydrogens (tertiary/aromatic N) is 2. The molecule has 0 unspecified atom stereocenters. The fourth-order valence-electron chi connectivity index (χ4n) is 3.28. The minimum atomic E-state index is -0.464. The van der Waals surface area contributed by atoms with Gasteiger partial charge in [0.25, 0.3) is 0 Å². The first kappa shape index (κ1) is 18.0. The summed E-state index contributed by atoms with van der Waals surface area (Å²) in [5.74, 6) is 0.375.